The van der Waals surface area contributed by atoms with Crippen molar-refractivity contribution in [3.63, 3.8) is 0 Å². The summed E-state index contributed by atoms with van der Waals surface area (Å²) in [5.41, 5.74) is 9.71. The average molecular weight is 275 g/mol. The van der Waals surface area contributed by atoms with Gasteiger partial charge in [-0.25, -0.2) is 0 Å². The lowest BCUT2D eigenvalue weighted by Gasteiger charge is -2.09. The number of unbranched alkanes of at least 4 members (excludes halogenated alkanes) is 3. The van der Waals surface area contributed by atoms with Crippen LogP contribution in [0.25, 0.3) is 0 Å². The first-order chi connectivity index (χ1) is 9.15. The van der Waals surface area contributed by atoms with Gasteiger partial charge in [0.05, 0.1) is 6.04 Å². The van der Waals surface area contributed by atoms with E-state index in [2.05, 4.69) is 24.9 Å². The van der Waals surface area contributed by atoms with Crippen LogP contribution in [0.1, 0.15) is 59.3 Å². The second-order valence-corrected chi connectivity index (χ2v) is 3.95. The lowest BCUT2D eigenvalue weighted by atomic mass is 10.2. The smallest absolute Gasteiger partial charge is 0.220 e. The quantitative estimate of drug-likeness (QED) is 0.463. The molecule has 1 amide bonds. The van der Waals surface area contributed by atoms with Gasteiger partial charge in [0.1, 0.15) is 6.29 Å². The first kappa shape index (κ1) is 23.2. The molecule has 0 radical (unpaired) electrons. The molecule has 5 N–H and O–H groups in total. The van der Waals surface area contributed by atoms with Crippen LogP contribution in [-0.4, -0.2) is 31.8 Å². The molecule has 0 aliphatic carbocycles. The van der Waals surface area contributed by atoms with Crippen molar-refractivity contribution in [1.82, 2.24) is 5.32 Å². The highest BCUT2D eigenvalue weighted by Crippen LogP contribution is 1.95. The summed E-state index contributed by atoms with van der Waals surface area (Å²) in [6, 6.07) is -0.410. The van der Waals surface area contributed by atoms with E-state index >= 15 is 0 Å². The van der Waals surface area contributed by atoms with Crippen molar-refractivity contribution in [3.05, 3.63) is 0 Å². The van der Waals surface area contributed by atoms with Gasteiger partial charge in [-0.05, 0) is 20.0 Å². The molecule has 0 heterocycles. The zero-order valence-corrected chi connectivity index (χ0v) is 13.1. The lowest BCUT2D eigenvalue weighted by molar-refractivity contribution is -0.123. The number of aldehydes is 1. The minimum atomic E-state index is -0.410. The zero-order valence-electron chi connectivity index (χ0n) is 13.1. The molecule has 0 saturated carbocycles. The first-order valence-corrected chi connectivity index (χ1v) is 7.18. The summed E-state index contributed by atoms with van der Waals surface area (Å²) in [5, 5.41) is 2.53. The molecule has 0 spiro atoms. The Hall–Kier alpha value is -0.940. The Labute approximate surface area is 118 Å². The van der Waals surface area contributed by atoms with Crippen molar-refractivity contribution in [1.29, 1.82) is 0 Å². The van der Waals surface area contributed by atoms with E-state index in [0.717, 1.165) is 0 Å². The Morgan fingerprint density at radius 2 is 1.63 bits per heavy atom. The second kappa shape index (κ2) is 22.3. The summed E-state index contributed by atoms with van der Waals surface area (Å²) >= 11 is 0. The van der Waals surface area contributed by atoms with E-state index in [1.165, 1.54) is 32.7 Å². The fourth-order valence-electron chi connectivity index (χ4n) is 1.16. The van der Waals surface area contributed by atoms with Gasteiger partial charge in [-0.15, -0.1) is 0 Å². The van der Waals surface area contributed by atoms with Crippen LogP contribution in [0.3, 0.4) is 0 Å². The number of nitrogens with one attached hydrogen (secondary N) is 1. The Kier molecular flexibility index (Phi) is 27.2. The molecule has 0 aromatic carbocycles. The summed E-state index contributed by atoms with van der Waals surface area (Å²) in [6.45, 7) is 6.61. The molecule has 0 aromatic rings. The predicted molar refractivity (Wildman–Crippen MR) is 81.9 cm³/mol. The molecule has 1 unspecified atom stereocenters. The monoisotopic (exact) mass is 275 g/mol. The van der Waals surface area contributed by atoms with Crippen LogP contribution in [-0.2, 0) is 9.59 Å². The van der Waals surface area contributed by atoms with Crippen molar-refractivity contribution in [2.45, 2.75) is 65.3 Å². The van der Waals surface area contributed by atoms with Gasteiger partial charge in [-0.3, -0.25) is 4.79 Å². The van der Waals surface area contributed by atoms with Crippen LogP contribution < -0.4 is 16.8 Å². The van der Waals surface area contributed by atoms with E-state index in [-0.39, 0.29) is 5.91 Å². The maximum Gasteiger partial charge on any atom is 0.220 e. The third kappa shape index (κ3) is 22.7. The van der Waals surface area contributed by atoms with Crippen LogP contribution in [0.2, 0.25) is 0 Å². The van der Waals surface area contributed by atoms with Crippen LogP contribution in [0, 0.1) is 0 Å². The maximum absolute atomic E-state index is 10.7. The van der Waals surface area contributed by atoms with E-state index in [1.807, 2.05) is 0 Å². The highest BCUT2D eigenvalue weighted by molar-refractivity contribution is 5.79. The SMILES string of the molecule is CCC(=O)NC(C=O)CCN.CCCCCC.CN. The van der Waals surface area contributed by atoms with Crippen molar-refractivity contribution < 1.29 is 9.59 Å². The minimum Gasteiger partial charge on any atom is -0.347 e. The van der Waals surface area contributed by atoms with Crippen molar-refractivity contribution in [2.75, 3.05) is 13.6 Å². The number of amides is 1. The fraction of sp³-hybridized carbons (Fsp3) is 0.857. The summed E-state index contributed by atoms with van der Waals surface area (Å²) in [4.78, 5) is 21.0. The van der Waals surface area contributed by atoms with E-state index in [4.69, 9.17) is 5.73 Å². The highest BCUT2D eigenvalue weighted by atomic mass is 16.2. The van der Waals surface area contributed by atoms with Gasteiger partial charge >= 0.3 is 0 Å². The molecule has 19 heavy (non-hydrogen) atoms. The molecule has 0 bridgehead atoms. The maximum atomic E-state index is 10.7. The van der Waals surface area contributed by atoms with E-state index in [0.29, 0.717) is 25.7 Å². The summed E-state index contributed by atoms with van der Waals surface area (Å²) in [5.74, 6) is -0.115. The number of rotatable bonds is 8. The Bertz CT molecular complexity index is 184. The van der Waals surface area contributed by atoms with Gasteiger partial charge in [0.25, 0.3) is 0 Å². The Balaban J connectivity index is -0.000000271. The van der Waals surface area contributed by atoms with Crippen molar-refractivity contribution >= 4 is 12.2 Å². The van der Waals surface area contributed by atoms with Crippen LogP contribution in [0.4, 0.5) is 0 Å². The molecule has 5 nitrogen and oxygen atoms in total. The van der Waals surface area contributed by atoms with Gasteiger partial charge < -0.3 is 21.6 Å². The van der Waals surface area contributed by atoms with Gasteiger partial charge in [-0.1, -0.05) is 46.5 Å². The first-order valence-electron chi connectivity index (χ1n) is 7.18. The van der Waals surface area contributed by atoms with Crippen molar-refractivity contribution in [2.24, 2.45) is 11.5 Å². The van der Waals surface area contributed by atoms with Gasteiger partial charge in [-0.2, -0.15) is 0 Å². The molecule has 0 fully saturated rings. The Morgan fingerprint density at radius 3 is 1.89 bits per heavy atom. The molecule has 0 aliphatic rings. The average Bonchev–Trinajstić information content (AvgIpc) is 2.47. The molecular formula is C14H33N3O2. The predicted octanol–water partition coefficient (Wildman–Crippen LogP) is 1.59. The van der Waals surface area contributed by atoms with Gasteiger partial charge in [0.15, 0.2) is 0 Å². The molecular weight excluding hydrogens is 242 g/mol. The molecule has 1 atom stereocenters. The van der Waals surface area contributed by atoms with E-state index in [1.54, 1.807) is 6.92 Å². The molecule has 0 aliphatic heterocycles. The number of carbonyl (C=O) groups is 2. The third-order valence-corrected chi connectivity index (χ3v) is 2.27. The summed E-state index contributed by atoms with van der Waals surface area (Å²) in [6.07, 6.45) is 7.15. The molecule has 0 aromatic heterocycles. The van der Waals surface area contributed by atoms with Crippen molar-refractivity contribution in [3.8, 4) is 0 Å². The molecule has 116 valence electrons. The molecule has 5 heteroatoms. The summed E-state index contributed by atoms with van der Waals surface area (Å²) in [7, 11) is 1.50. The zero-order chi connectivity index (χ0) is 15.5. The normalized spacial score (nSPS) is 10.2. The van der Waals surface area contributed by atoms with Crippen LogP contribution in [0.5, 0.6) is 0 Å². The van der Waals surface area contributed by atoms with Crippen LogP contribution >= 0.6 is 0 Å². The number of hydrogen-bond donors (Lipinski definition) is 3. The van der Waals surface area contributed by atoms with Gasteiger partial charge in [0.2, 0.25) is 5.91 Å². The Morgan fingerprint density at radius 1 is 1.16 bits per heavy atom. The molecule has 0 rings (SSSR count). The molecule has 0 saturated heterocycles. The third-order valence-electron chi connectivity index (χ3n) is 2.27. The van der Waals surface area contributed by atoms with Gasteiger partial charge in [0, 0.05) is 6.42 Å². The van der Waals surface area contributed by atoms with E-state index < -0.39 is 6.04 Å². The number of carbonyl (C=O) groups excluding carboxylic acids is 2. The fourth-order valence-corrected chi connectivity index (χ4v) is 1.16. The number of nitrogens with two attached hydrogens (primary N) is 2. The lowest BCUT2D eigenvalue weighted by Crippen LogP contribution is -2.36. The highest BCUT2D eigenvalue weighted by Gasteiger charge is 2.07. The minimum absolute atomic E-state index is 0.115. The topological polar surface area (TPSA) is 98.2 Å². The van der Waals surface area contributed by atoms with E-state index in [9.17, 15) is 9.59 Å². The standard InChI is InChI=1S/C7H14N2O2.C6H14.CH5N/c1-2-7(11)9-6(5-10)3-4-8;1-3-5-6-4-2;1-2/h5-6H,2-4,8H2,1H3,(H,9,11);3-6H2,1-2H3;2H2,1H3. The van der Waals surface area contributed by atoms with Crippen LogP contribution in [0.15, 0.2) is 0 Å². The summed E-state index contributed by atoms with van der Waals surface area (Å²) < 4.78 is 0. The number of hydrogen-bond acceptors (Lipinski definition) is 4. The largest absolute Gasteiger partial charge is 0.347 e. The second-order valence-electron chi connectivity index (χ2n) is 3.95.